The zero-order chi connectivity index (χ0) is 12.3. The summed E-state index contributed by atoms with van der Waals surface area (Å²) in [5, 5.41) is 3.32. The van der Waals surface area contributed by atoms with Gasteiger partial charge in [-0.2, -0.15) is 12.6 Å². The lowest BCUT2D eigenvalue weighted by molar-refractivity contribution is 0.293. The normalized spacial score (nSPS) is 9.37. The number of hydrogen-bond donors (Lipinski definition) is 2. The van der Waals surface area contributed by atoms with Gasteiger partial charge in [0.1, 0.15) is 0 Å². The third kappa shape index (κ3) is 11.8. The topological polar surface area (TPSA) is 34.1 Å². The minimum Gasteiger partial charge on any atom is -0.478 e. The van der Waals surface area contributed by atoms with Crippen molar-refractivity contribution >= 4 is 53.4 Å². The summed E-state index contributed by atoms with van der Waals surface area (Å²) in [6, 6.07) is 3.81. The molecule has 0 unspecified atom stereocenters. The summed E-state index contributed by atoms with van der Waals surface area (Å²) in [6.45, 7) is 2.79. The molecule has 0 bridgehead atoms. The Labute approximate surface area is 141 Å². The van der Waals surface area contributed by atoms with Gasteiger partial charge in [0.05, 0.1) is 6.61 Å². The number of rotatable bonds is 9. The zero-order valence-electron chi connectivity index (χ0n) is 10.7. The molecule has 7 heteroatoms. The van der Waals surface area contributed by atoms with Crippen LogP contribution in [-0.2, 0) is 0 Å². The summed E-state index contributed by atoms with van der Waals surface area (Å²) in [7, 11) is 0. The lowest BCUT2D eigenvalue weighted by Crippen LogP contribution is -2.17. The maximum absolute atomic E-state index is 5.52. The molecule has 1 aromatic heterocycles. The molecule has 0 fully saturated rings. The van der Waals surface area contributed by atoms with Crippen molar-refractivity contribution in [2.75, 3.05) is 25.4 Å². The van der Waals surface area contributed by atoms with Crippen molar-refractivity contribution in [1.29, 1.82) is 0 Å². The molecule has 1 N–H and O–H groups in total. The number of ether oxygens (including phenoxy) is 1. The van der Waals surface area contributed by atoms with E-state index in [4.69, 9.17) is 4.74 Å². The highest BCUT2D eigenvalue weighted by Crippen LogP contribution is 2.12. The molecule has 0 aliphatic carbocycles. The molecule has 0 aromatic carbocycles. The Hall–Kier alpha value is 0.320. The van der Waals surface area contributed by atoms with Gasteiger partial charge in [-0.25, -0.2) is 4.98 Å². The molecule has 0 saturated heterocycles. The van der Waals surface area contributed by atoms with Crippen LogP contribution in [0.2, 0.25) is 0 Å². The van der Waals surface area contributed by atoms with Crippen molar-refractivity contribution in [2.45, 2.75) is 19.3 Å². The van der Waals surface area contributed by atoms with Gasteiger partial charge in [-0.3, -0.25) is 0 Å². The number of nitrogens with one attached hydrogen (secondary N) is 1. The van der Waals surface area contributed by atoms with E-state index in [9.17, 15) is 0 Å². The van der Waals surface area contributed by atoms with Crippen molar-refractivity contribution in [3.8, 4) is 5.88 Å². The summed E-state index contributed by atoms with van der Waals surface area (Å²) >= 11 is 7.47. The second kappa shape index (κ2) is 14.7. The first-order chi connectivity index (χ1) is 8.33. The minimum atomic E-state index is 0. The fourth-order valence-corrected chi connectivity index (χ4v) is 1.75. The van der Waals surface area contributed by atoms with Gasteiger partial charge < -0.3 is 10.1 Å². The summed E-state index contributed by atoms with van der Waals surface area (Å²) in [5.41, 5.74) is 0. The van der Waals surface area contributed by atoms with E-state index >= 15 is 0 Å². The highest BCUT2D eigenvalue weighted by atomic mass is 79.9. The van der Waals surface area contributed by atoms with Gasteiger partial charge in [0, 0.05) is 29.0 Å². The molecule has 1 heterocycles. The Morgan fingerprint density at radius 3 is 2.58 bits per heavy atom. The van der Waals surface area contributed by atoms with Crippen LogP contribution in [0.15, 0.2) is 22.8 Å². The SMILES string of the molecule is Cl.Cl.SCCNCCCCCOc1ccc(Br)cn1. The van der Waals surface area contributed by atoms with Crippen LogP contribution < -0.4 is 10.1 Å². The molecule has 0 saturated carbocycles. The smallest absolute Gasteiger partial charge is 0.213 e. The van der Waals surface area contributed by atoms with Crippen molar-refractivity contribution < 1.29 is 4.74 Å². The van der Waals surface area contributed by atoms with E-state index in [2.05, 4.69) is 38.9 Å². The first-order valence-electron chi connectivity index (χ1n) is 5.89. The summed E-state index contributed by atoms with van der Waals surface area (Å²) < 4.78 is 6.50. The van der Waals surface area contributed by atoms with Gasteiger partial charge in [-0.05, 0) is 47.8 Å². The Morgan fingerprint density at radius 1 is 1.16 bits per heavy atom. The van der Waals surface area contributed by atoms with Crippen molar-refractivity contribution in [3.05, 3.63) is 22.8 Å². The van der Waals surface area contributed by atoms with Crippen LogP contribution in [0, 0.1) is 0 Å². The number of aromatic nitrogens is 1. The van der Waals surface area contributed by atoms with E-state index in [-0.39, 0.29) is 24.8 Å². The van der Waals surface area contributed by atoms with Gasteiger partial charge in [0.25, 0.3) is 0 Å². The van der Waals surface area contributed by atoms with Crippen molar-refractivity contribution in [2.24, 2.45) is 0 Å². The quantitative estimate of drug-likeness (QED) is 0.496. The molecule has 0 aliphatic rings. The molecule has 1 rings (SSSR count). The first-order valence-corrected chi connectivity index (χ1v) is 7.31. The van der Waals surface area contributed by atoms with Crippen LogP contribution in [0.25, 0.3) is 0 Å². The average Bonchev–Trinajstić information content (AvgIpc) is 2.35. The number of nitrogens with zero attached hydrogens (tertiary/aromatic N) is 1. The van der Waals surface area contributed by atoms with Gasteiger partial charge in [-0.15, -0.1) is 24.8 Å². The molecule has 19 heavy (non-hydrogen) atoms. The largest absolute Gasteiger partial charge is 0.478 e. The number of halogens is 3. The third-order valence-corrected chi connectivity index (χ3v) is 2.93. The van der Waals surface area contributed by atoms with Crippen LogP contribution in [0.4, 0.5) is 0 Å². The van der Waals surface area contributed by atoms with E-state index in [1.165, 1.54) is 12.8 Å². The molecule has 0 radical (unpaired) electrons. The summed E-state index contributed by atoms with van der Waals surface area (Å²) in [5.74, 6) is 1.60. The molecule has 0 amide bonds. The number of pyridine rings is 1. The summed E-state index contributed by atoms with van der Waals surface area (Å²) in [6.07, 6.45) is 5.18. The standard InChI is InChI=1S/C12H19BrN2OS.2ClH/c13-11-4-5-12(15-10-11)16-8-3-1-2-6-14-7-9-17;;/h4-5,10,14,17H,1-3,6-9H2;2*1H. The second-order valence-corrected chi connectivity index (χ2v) is 5.06. The van der Waals surface area contributed by atoms with Crippen LogP contribution >= 0.6 is 53.4 Å². The van der Waals surface area contributed by atoms with Crippen LogP contribution in [0.3, 0.4) is 0 Å². The maximum atomic E-state index is 5.52. The Bertz CT molecular complexity index is 304. The minimum absolute atomic E-state index is 0. The maximum Gasteiger partial charge on any atom is 0.213 e. The van der Waals surface area contributed by atoms with Crippen LogP contribution in [-0.4, -0.2) is 30.4 Å². The van der Waals surface area contributed by atoms with E-state index in [0.29, 0.717) is 5.88 Å². The van der Waals surface area contributed by atoms with Gasteiger partial charge in [-0.1, -0.05) is 0 Å². The monoisotopic (exact) mass is 390 g/mol. The number of thiol groups is 1. The molecule has 3 nitrogen and oxygen atoms in total. The average molecular weight is 392 g/mol. The van der Waals surface area contributed by atoms with E-state index in [1.54, 1.807) is 6.20 Å². The first kappa shape index (κ1) is 21.6. The Balaban J connectivity index is 0. The molecule has 0 aliphatic heterocycles. The molecular formula is C12H21BrCl2N2OS. The van der Waals surface area contributed by atoms with Crippen LogP contribution in [0.1, 0.15) is 19.3 Å². The van der Waals surface area contributed by atoms with E-state index < -0.39 is 0 Å². The molecule has 1 aromatic rings. The Kier molecular flexibility index (Phi) is 16.8. The predicted octanol–water partition coefficient (Wildman–Crippen LogP) is 3.76. The van der Waals surface area contributed by atoms with E-state index in [0.717, 1.165) is 36.3 Å². The third-order valence-electron chi connectivity index (χ3n) is 2.24. The second-order valence-electron chi connectivity index (χ2n) is 3.70. The van der Waals surface area contributed by atoms with Gasteiger partial charge >= 0.3 is 0 Å². The molecular weight excluding hydrogens is 371 g/mol. The molecule has 0 spiro atoms. The predicted molar refractivity (Wildman–Crippen MR) is 92.5 cm³/mol. The van der Waals surface area contributed by atoms with Crippen molar-refractivity contribution in [3.63, 3.8) is 0 Å². The number of unbranched alkanes of at least 4 members (excludes halogenated alkanes) is 2. The molecule has 0 atom stereocenters. The van der Waals surface area contributed by atoms with Crippen molar-refractivity contribution in [1.82, 2.24) is 10.3 Å². The highest BCUT2D eigenvalue weighted by Gasteiger charge is 1.95. The lowest BCUT2D eigenvalue weighted by Gasteiger charge is -2.05. The van der Waals surface area contributed by atoms with Gasteiger partial charge in [0.15, 0.2) is 0 Å². The molecule has 112 valence electrons. The lowest BCUT2D eigenvalue weighted by atomic mass is 10.2. The number of hydrogen-bond acceptors (Lipinski definition) is 4. The fraction of sp³-hybridized carbons (Fsp3) is 0.583. The van der Waals surface area contributed by atoms with E-state index in [1.807, 2.05) is 12.1 Å². The zero-order valence-corrected chi connectivity index (χ0v) is 14.8. The summed E-state index contributed by atoms with van der Waals surface area (Å²) in [4.78, 5) is 4.15. The fourth-order valence-electron chi connectivity index (χ4n) is 1.36. The van der Waals surface area contributed by atoms with Gasteiger partial charge in [0.2, 0.25) is 5.88 Å². The van der Waals surface area contributed by atoms with Crippen LogP contribution in [0.5, 0.6) is 5.88 Å². The Morgan fingerprint density at radius 2 is 1.95 bits per heavy atom. The highest BCUT2D eigenvalue weighted by molar-refractivity contribution is 9.10.